The van der Waals surface area contributed by atoms with Crippen molar-refractivity contribution in [1.29, 1.82) is 0 Å². The molecule has 0 spiro atoms. The van der Waals surface area contributed by atoms with E-state index in [2.05, 4.69) is 0 Å². The number of carbonyl (C=O) groups is 1. The topological polar surface area (TPSA) is 71.4 Å². The average molecular weight is 206 g/mol. The fourth-order valence-electron chi connectivity index (χ4n) is 0.648. The Balaban J connectivity index is 3.17. The van der Waals surface area contributed by atoms with Crippen LogP contribution in [0.4, 0.5) is 0 Å². The summed E-state index contributed by atoms with van der Waals surface area (Å²) in [6, 6.07) is 2.58. The molecular formula is C6H6O4S2. The summed E-state index contributed by atoms with van der Waals surface area (Å²) in [5, 5.41) is 0. The van der Waals surface area contributed by atoms with Gasteiger partial charge in [-0.05, 0) is 19.1 Å². The summed E-state index contributed by atoms with van der Waals surface area (Å²) in [5.74, 6) is -0.213. The fraction of sp³-hybridized carbons (Fsp3) is 0.167. The summed E-state index contributed by atoms with van der Waals surface area (Å²) in [6.45, 7) is 1.33. The molecule has 6 heteroatoms. The molecule has 1 aromatic rings. The summed E-state index contributed by atoms with van der Waals surface area (Å²) >= 11 is 0.760. The van der Waals surface area contributed by atoms with Crippen LogP contribution in [-0.2, 0) is 10.1 Å². The molecule has 0 aromatic carbocycles. The van der Waals surface area contributed by atoms with E-state index >= 15 is 0 Å². The van der Waals surface area contributed by atoms with E-state index in [9.17, 15) is 13.2 Å². The van der Waals surface area contributed by atoms with Gasteiger partial charge in [0.1, 0.15) is 4.21 Å². The molecule has 0 bridgehead atoms. The molecule has 0 aliphatic carbocycles. The van der Waals surface area contributed by atoms with Gasteiger partial charge in [-0.1, -0.05) is 0 Å². The van der Waals surface area contributed by atoms with Crippen molar-refractivity contribution >= 4 is 27.2 Å². The van der Waals surface area contributed by atoms with Gasteiger partial charge in [-0.2, -0.15) is 8.42 Å². The lowest BCUT2D eigenvalue weighted by Crippen LogP contribution is -1.93. The Hall–Kier alpha value is -0.720. The first kappa shape index (κ1) is 9.37. The van der Waals surface area contributed by atoms with Crippen LogP contribution in [0, 0.1) is 0 Å². The minimum absolute atomic E-state index is 0.201. The van der Waals surface area contributed by atoms with Crippen LogP contribution < -0.4 is 0 Å². The number of Topliss-reactive ketones (excluding diaryl/α,β-unsaturated/α-hetero) is 1. The van der Waals surface area contributed by atoms with Crippen molar-refractivity contribution in [3.05, 3.63) is 17.0 Å². The molecule has 0 aliphatic heterocycles. The summed E-state index contributed by atoms with van der Waals surface area (Å²) in [7, 11) is -4.15. The molecule has 66 valence electrons. The van der Waals surface area contributed by atoms with Gasteiger partial charge in [0.15, 0.2) is 5.78 Å². The summed E-state index contributed by atoms with van der Waals surface area (Å²) in [6.07, 6.45) is 0. The van der Waals surface area contributed by atoms with E-state index in [0.717, 1.165) is 11.3 Å². The molecule has 0 atom stereocenters. The summed E-state index contributed by atoms with van der Waals surface area (Å²) in [4.78, 5) is 11.0. The van der Waals surface area contributed by atoms with Gasteiger partial charge in [-0.15, -0.1) is 11.3 Å². The number of thiophene rings is 1. The first-order valence-electron chi connectivity index (χ1n) is 2.99. The van der Waals surface area contributed by atoms with Crippen LogP contribution >= 0.6 is 11.3 Å². The van der Waals surface area contributed by atoms with Crippen LogP contribution in [0.5, 0.6) is 0 Å². The molecule has 0 amide bonds. The normalized spacial score (nSPS) is 11.5. The highest BCUT2D eigenvalue weighted by Gasteiger charge is 2.13. The van der Waals surface area contributed by atoms with Gasteiger partial charge >= 0.3 is 10.1 Å². The van der Waals surface area contributed by atoms with Crippen LogP contribution in [0.2, 0.25) is 0 Å². The highest BCUT2D eigenvalue weighted by atomic mass is 32.3. The van der Waals surface area contributed by atoms with Crippen molar-refractivity contribution in [1.82, 2.24) is 0 Å². The molecule has 0 fully saturated rings. The second-order valence-corrected chi connectivity index (χ2v) is 4.88. The number of ketones is 1. The van der Waals surface area contributed by atoms with E-state index in [0.29, 0.717) is 4.88 Å². The van der Waals surface area contributed by atoms with E-state index in [1.807, 2.05) is 0 Å². The van der Waals surface area contributed by atoms with Crippen molar-refractivity contribution in [2.75, 3.05) is 0 Å². The molecule has 0 saturated carbocycles. The predicted octanol–water partition coefficient (Wildman–Crippen LogP) is 1.20. The lowest BCUT2D eigenvalue weighted by Gasteiger charge is -1.87. The molecule has 1 rings (SSSR count). The van der Waals surface area contributed by atoms with Gasteiger partial charge in [-0.25, -0.2) is 0 Å². The largest absolute Gasteiger partial charge is 0.304 e. The van der Waals surface area contributed by atoms with E-state index < -0.39 is 10.1 Å². The molecule has 0 radical (unpaired) electrons. The van der Waals surface area contributed by atoms with Gasteiger partial charge in [0.25, 0.3) is 0 Å². The number of hydrogen-bond acceptors (Lipinski definition) is 4. The number of hydrogen-bond donors (Lipinski definition) is 1. The Labute approximate surface area is 73.6 Å². The fourth-order valence-corrected chi connectivity index (χ4v) is 2.21. The van der Waals surface area contributed by atoms with E-state index in [1.165, 1.54) is 19.1 Å². The van der Waals surface area contributed by atoms with Crippen molar-refractivity contribution < 1.29 is 17.8 Å². The zero-order valence-electron chi connectivity index (χ0n) is 6.14. The average Bonchev–Trinajstić information content (AvgIpc) is 2.30. The third-order valence-electron chi connectivity index (χ3n) is 1.18. The Morgan fingerprint density at radius 3 is 2.33 bits per heavy atom. The lowest BCUT2D eigenvalue weighted by atomic mass is 10.4. The maximum atomic E-state index is 10.7. The molecule has 1 aromatic heterocycles. The first-order chi connectivity index (χ1) is 5.41. The van der Waals surface area contributed by atoms with E-state index in [4.69, 9.17) is 4.55 Å². The Bertz CT molecular complexity index is 401. The lowest BCUT2D eigenvalue weighted by molar-refractivity contribution is 0.102. The number of rotatable bonds is 2. The molecule has 0 aliphatic rings. The van der Waals surface area contributed by atoms with Gasteiger partial charge in [-0.3, -0.25) is 9.35 Å². The Kier molecular flexibility index (Phi) is 2.31. The van der Waals surface area contributed by atoms with Crippen LogP contribution in [0.15, 0.2) is 16.3 Å². The van der Waals surface area contributed by atoms with Crippen LogP contribution in [0.25, 0.3) is 0 Å². The molecular weight excluding hydrogens is 200 g/mol. The highest BCUT2D eigenvalue weighted by Crippen LogP contribution is 2.21. The second-order valence-electron chi connectivity index (χ2n) is 2.15. The monoisotopic (exact) mass is 206 g/mol. The summed E-state index contributed by atoms with van der Waals surface area (Å²) in [5.41, 5.74) is 0. The highest BCUT2D eigenvalue weighted by molar-refractivity contribution is 7.88. The van der Waals surface area contributed by atoms with Gasteiger partial charge < -0.3 is 0 Å². The van der Waals surface area contributed by atoms with Crippen LogP contribution in [0.1, 0.15) is 16.6 Å². The van der Waals surface area contributed by atoms with Crippen LogP contribution in [0.3, 0.4) is 0 Å². The quantitative estimate of drug-likeness (QED) is 0.583. The maximum Gasteiger partial charge on any atom is 0.304 e. The summed E-state index contributed by atoms with van der Waals surface area (Å²) < 4.78 is 29.4. The number of carbonyl (C=O) groups excluding carboxylic acids is 1. The van der Waals surface area contributed by atoms with Crippen molar-refractivity contribution in [3.63, 3.8) is 0 Å². The van der Waals surface area contributed by atoms with Gasteiger partial charge in [0.05, 0.1) is 4.88 Å². The molecule has 0 unspecified atom stereocenters. The van der Waals surface area contributed by atoms with Gasteiger partial charge in [0.2, 0.25) is 0 Å². The molecule has 1 N–H and O–H groups in total. The van der Waals surface area contributed by atoms with Crippen LogP contribution in [-0.4, -0.2) is 18.8 Å². The zero-order chi connectivity index (χ0) is 9.35. The van der Waals surface area contributed by atoms with E-state index in [1.54, 1.807) is 0 Å². The molecule has 12 heavy (non-hydrogen) atoms. The molecule has 0 saturated heterocycles. The van der Waals surface area contributed by atoms with Crippen molar-refractivity contribution in [2.45, 2.75) is 11.1 Å². The Morgan fingerprint density at radius 2 is 2.08 bits per heavy atom. The van der Waals surface area contributed by atoms with Crippen molar-refractivity contribution in [2.24, 2.45) is 0 Å². The molecule has 1 heterocycles. The molecule has 4 nitrogen and oxygen atoms in total. The minimum Gasteiger partial charge on any atom is -0.294 e. The third-order valence-corrected chi connectivity index (χ3v) is 3.69. The zero-order valence-corrected chi connectivity index (χ0v) is 7.78. The van der Waals surface area contributed by atoms with Gasteiger partial charge in [0, 0.05) is 0 Å². The van der Waals surface area contributed by atoms with E-state index in [-0.39, 0.29) is 9.99 Å². The van der Waals surface area contributed by atoms with Crippen molar-refractivity contribution in [3.8, 4) is 0 Å². The SMILES string of the molecule is CC(=O)c1ccc(S(=O)(=O)O)s1. The predicted molar refractivity (Wildman–Crippen MR) is 44.1 cm³/mol. The minimum atomic E-state index is -4.15. The smallest absolute Gasteiger partial charge is 0.294 e. The maximum absolute atomic E-state index is 10.7. The standard InChI is InChI=1S/C6H6O4S2/c1-4(7)5-2-3-6(11-5)12(8,9)10/h2-3H,1H3,(H,8,9,10). The third kappa shape index (κ3) is 1.90. The second kappa shape index (κ2) is 2.96. The Morgan fingerprint density at radius 1 is 1.50 bits per heavy atom. The first-order valence-corrected chi connectivity index (χ1v) is 5.25.